The van der Waals surface area contributed by atoms with Crippen molar-refractivity contribution in [1.82, 2.24) is 28.3 Å². The quantitative estimate of drug-likeness (QED) is 0.696. The zero-order valence-corrected chi connectivity index (χ0v) is 16.0. The smallest absolute Gasteiger partial charge is 0.274 e. The molecule has 0 radical (unpaired) electrons. The monoisotopic (exact) mass is 382 g/mol. The van der Waals surface area contributed by atoms with E-state index < -0.39 is 0 Å². The van der Waals surface area contributed by atoms with Gasteiger partial charge in [0, 0.05) is 39.3 Å². The second kappa shape index (κ2) is 7.01. The lowest BCUT2D eigenvalue weighted by atomic mass is 10.1. The SMILES string of the molecule is O=C(c1cc2n(n1)CCCN(Cc1cccc3nsnc13)C2)N1CCCC1. The second-order valence-electron chi connectivity index (χ2n) is 7.36. The van der Waals surface area contributed by atoms with Crippen molar-refractivity contribution in [2.45, 2.75) is 38.9 Å². The Balaban J connectivity index is 1.36. The van der Waals surface area contributed by atoms with Gasteiger partial charge in [0.15, 0.2) is 5.69 Å². The fourth-order valence-electron chi connectivity index (χ4n) is 4.08. The van der Waals surface area contributed by atoms with Crippen molar-refractivity contribution in [3.63, 3.8) is 0 Å². The van der Waals surface area contributed by atoms with Crippen LogP contribution in [0, 0.1) is 0 Å². The Morgan fingerprint density at radius 1 is 1.07 bits per heavy atom. The molecule has 0 aliphatic carbocycles. The van der Waals surface area contributed by atoms with Crippen LogP contribution in [0.15, 0.2) is 24.3 Å². The maximum atomic E-state index is 12.7. The van der Waals surface area contributed by atoms with E-state index >= 15 is 0 Å². The van der Waals surface area contributed by atoms with Crippen LogP contribution >= 0.6 is 11.7 Å². The van der Waals surface area contributed by atoms with Crippen LogP contribution < -0.4 is 0 Å². The molecule has 27 heavy (non-hydrogen) atoms. The van der Waals surface area contributed by atoms with Crippen molar-refractivity contribution in [3.05, 3.63) is 41.2 Å². The minimum atomic E-state index is 0.0814. The van der Waals surface area contributed by atoms with Gasteiger partial charge in [0.2, 0.25) is 0 Å². The molecule has 8 heteroatoms. The van der Waals surface area contributed by atoms with Gasteiger partial charge in [0.05, 0.1) is 17.4 Å². The molecular formula is C19H22N6OS. The molecular weight excluding hydrogens is 360 g/mol. The number of hydrogen-bond acceptors (Lipinski definition) is 6. The lowest BCUT2D eigenvalue weighted by Gasteiger charge is -2.19. The maximum absolute atomic E-state index is 12.7. The second-order valence-corrected chi connectivity index (χ2v) is 7.89. The van der Waals surface area contributed by atoms with E-state index in [4.69, 9.17) is 0 Å². The van der Waals surface area contributed by atoms with E-state index in [-0.39, 0.29) is 5.91 Å². The van der Waals surface area contributed by atoms with Gasteiger partial charge in [-0.1, -0.05) is 12.1 Å². The van der Waals surface area contributed by atoms with E-state index in [0.717, 1.165) is 75.3 Å². The van der Waals surface area contributed by atoms with Crippen molar-refractivity contribution >= 4 is 28.7 Å². The first kappa shape index (κ1) is 16.8. The molecule has 0 unspecified atom stereocenters. The molecule has 1 aromatic carbocycles. The van der Waals surface area contributed by atoms with E-state index in [1.165, 1.54) is 17.3 Å². The van der Waals surface area contributed by atoms with Crippen molar-refractivity contribution in [2.75, 3.05) is 19.6 Å². The van der Waals surface area contributed by atoms with Crippen LogP contribution in [-0.4, -0.2) is 53.9 Å². The van der Waals surface area contributed by atoms with Crippen LogP contribution in [0.2, 0.25) is 0 Å². The Labute approximate surface area is 161 Å². The van der Waals surface area contributed by atoms with Crippen LogP contribution in [0.1, 0.15) is 41.0 Å². The zero-order valence-electron chi connectivity index (χ0n) is 15.2. The Bertz CT molecular complexity index is 974. The summed E-state index contributed by atoms with van der Waals surface area (Å²) in [7, 11) is 0. The van der Waals surface area contributed by atoms with E-state index in [0.29, 0.717) is 5.69 Å². The number of carbonyl (C=O) groups is 1. The number of carbonyl (C=O) groups excluding carboxylic acids is 1. The van der Waals surface area contributed by atoms with E-state index in [2.05, 4.69) is 24.8 Å². The molecule has 5 rings (SSSR count). The summed E-state index contributed by atoms with van der Waals surface area (Å²) in [5, 5.41) is 4.62. The van der Waals surface area contributed by atoms with E-state index in [1.54, 1.807) is 0 Å². The third kappa shape index (κ3) is 3.23. The van der Waals surface area contributed by atoms with Gasteiger partial charge in [-0.2, -0.15) is 13.8 Å². The predicted molar refractivity (Wildman–Crippen MR) is 104 cm³/mol. The average molecular weight is 382 g/mol. The summed E-state index contributed by atoms with van der Waals surface area (Å²) < 4.78 is 10.8. The van der Waals surface area contributed by atoms with Crippen molar-refractivity contribution < 1.29 is 4.79 Å². The zero-order chi connectivity index (χ0) is 18.2. The molecule has 4 heterocycles. The first-order chi connectivity index (χ1) is 13.3. The number of amides is 1. The van der Waals surface area contributed by atoms with E-state index in [9.17, 15) is 4.79 Å². The van der Waals surface area contributed by atoms with Gasteiger partial charge in [-0.25, -0.2) is 0 Å². The molecule has 3 aromatic rings. The molecule has 0 spiro atoms. The van der Waals surface area contributed by atoms with Crippen LogP contribution in [0.4, 0.5) is 0 Å². The van der Waals surface area contributed by atoms with Gasteiger partial charge in [-0.15, -0.1) is 0 Å². The predicted octanol–water partition coefficient (Wildman–Crippen LogP) is 2.53. The van der Waals surface area contributed by atoms with Crippen LogP contribution in [-0.2, 0) is 19.6 Å². The lowest BCUT2D eigenvalue weighted by Crippen LogP contribution is -2.28. The first-order valence-corrected chi connectivity index (χ1v) is 10.3. The van der Waals surface area contributed by atoms with Crippen molar-refractivity contribution in [3.8, 4) is 0 Å². The summed E-state index contributed by atoms with van der Waals surface area (Å²) >= 11 is 1.27. The van der Waals surface area contributed by atoms with Crippen molar-refractivity contribution in [1.29, 1.82) is 0 Å². The topological polar surface area (TPSA) is 67.2 Å². The molecule has 0 saturated carbocycles. The highest BCUT2D eigenvalue weighted by Gasteiger charge is 2.25. The summed E-state index contributed by atoms with van der Waals surface area (Å²) in [5.41, 5.74) is 4.90. The van der Waals surface area contributed by atoms with Gasteiger partial charge < -0.3 is 4.90 Å². The molecule has 0 N–H and O–H groups in total. The number of likely N-dealkylation sites (tertiary alicyclic amines) is 1. The highest BCUT2D eigenvalue weighted by molar-refractivity contribution is 7.00. The summed E-state index contributed by atoms with van der Waals surface area (Å²) in [6.07, 6.45) is 3.23. The Kier molecular flexibility index (Phi) is 4.37. The van der Waals surface area contributed by atoms with Crippen molar-refractivity contribution in [2.24, 2.45) is 0 Å². The standard InChI is InChI=1S/C19H22N6OS/c26-19(24-8-1-2-9-24)17-11-15-13-23(7-4-10-25(15)20-17)12-14-5-3-6-16-18(14)22-27-21-16/h3,5-6,11H,1-2,4,7-10,12-13H2. The molecule has 2 aliphatic rings. The minimum absolute atomic E-state index is 0.0814. The number of nitrogens with zero attached hydrogens (tertiary/aromatic N) is 6. The number of fused-ring (bicyclic) bond motifs is 2. The fourth-order valence-corrected chi connectivity index (χ4v) is 4.65. The molecule has 0 bridgehead atoms. The molecule has 0 atom stereocenters. The molecule has 2 aromatic heterocycles. The van der Waals surface area contributed by atoms with Gasteiger partial charge in [-0.3, -0.25) is 14.4 Å². The average Bonchev–Trinajstić information content (AvgIpc) is 3.41. The third-order valence-corrected chi connectivity index (χ3v) is 6.01. The number of benzene rings is 1. The number of aromatic nitrogens is 4. The Hall–Kier alpha value is -2.32. The molecule has 140 valence electrons. The number of aryl methyl sites for hydroxylation is 1. The number of rotatable bonds is 3. The third-order valence-electron chi connectivity index (χ3n) is 5.47. The van der Waals surface area contributed by atoms with Gasteiger partial charge in [0.1, 0.15) is 11.0 Å². The molecule has 1 fully saturated rings. The van der Waals surface area contributed by atoms with Crippen LogP contribution in [0.25, 0.3) is 11.0 Å². The summed E-state index contributed by atoms with van der Waals surface area (Å²) in [6, 6.07) is 8.18. The molecule has 1 amide bonds. The van der Waals surface area contributed by atoms with Gasteiger partial charge in [-0.05, 0) is 37.0 Å². The van der Waals surface area contributed by atoms with Crippen LogP contribution in [0.5, 0.6) is 0 Å². The van der Waals surface area contributed by atoms with E-state index in [1.807, 2.05) is 27.8 Å². The van der Waals surface area contributed by atoms with Gasteiger partial charge in [0.25, 0.3) is 5.91 Å². The summed E-state index contributed by atoms with van der Waals surface area (Å²) in [4.78, 5) is 17.0. The lowest BCUT2D eigenvalue weighted by molar-refractivity contribution is 0.0786. The summed E-state index contributed by atoms with van der Waals surface area (Å²) in [5.74, 6) is 0.0814. The normalized spacial score (nSPS) is 18.0. The first-order valence-electron chi connectivity index (χ1n) is 9.56. The largest absolute Gasteiger partial charge is 0.337 e. The number of hydrogen-bond donors (Lipinski definition) is 0. The molecule has 7 nitrogen and oxygen atoms in total. The molecule has 2 aliphatic heterocycles. The maximum Gasteiger partial charge on any atom is 0.274 e. The summed E-state index contributed by atoms with van der Waals surface area (Å²) in [6.45, 7) is 5.23. The fraction of sp³-hybridized carbons (Fsp3) is 0.474. The van der Waals surface area contributed by atoms with Crippen LogP contribution in [0.3, 0.4) is 0 Å². The molecule has 1 saturated heterocycles. The minimum Gasteiger partial charge on any atom is -0.337 e. The Morgan fingerprint density at radius 2 is 1.96 bits per heavy atom. The Morgan fingerprint density at radius 3 is 2.85 bits per heavy atom. The highest BCUT2D eigenvalue weighted by atomic mass is 32.1. The van der Waals surface area contributed by atoms with Gasteiger partial charge >= 0.3 is 0 Å². The highest BCUT2D eigenvalue weighted by Crippen LogP contribution is 2.22.